The number of piperidine rings is 1. The van der Waals surface area contributed by atoms with Crippen LogP contribution in [0.2, 0.25) is 0 Å². The van der Waals surface area contributed by atoms with E-state index >= 15 is 0 Å². The van der Waals surface area contributed by atoms with Crippen LogP contribution in [0.15, 0.2) is 16.7 Å². The molecule has 0 aromatic carbocycles. The van der Waals surface area contributed by atoms with Crippen LogP contribution in [0, 0.1) is 5.82 Å². The van der Waals surface area contributed by atoms with Crippen LogP contribution in [0.4, 0.5) is 4.39 Å². The zero-order valence-electron chi connectivity index (χ0n) is 8.88. The molecular formula is C11H14BrFN2O. The van der Waals surface area contributed by atoms with Gasteiger partial charge in [0.05, 0.1) is 0 Å². The topological polar surface area (TPSA) is 34.1 Å². The Hall–Kier alpha value is -0.680. The predicted octanol–water partition coefficient (Wildman–Crippen LogP) is 2.50. The van der Waals surface area contributed by atoms with Gasteiger partial charge in [0.15, 0.2) is 5.82 Å². The van der Waals surface area contributed by atoms with Gasteiger partial charge < -0.3 is 10.1 Å². The Balaban J connectivity index is 1.88. The standard InChI is InChI=1S/C11H14BrFN2O/c12-8-5-10(13)11(15-6-8)16-7-9-3-1-2-4-14-9/h5-6,9,14H,1-4,7H2. The Labute approximate surface area is 103 Å². The highest BCUT2D eigenvalue weighted by molar-refractivity contribution is 9.10. The van der Waals surface area contributed by atoms with E-state index in [-0.39, 0.29) is 5.88 Å². The molecule has 1 aliphatic rings. The van der Waals surface area contributed by atoms with Gasteiger partial charge in [-0.3, -0.25) is 0 Å². The van der Waals surface area contributed by atoms with Crippen molar-refractivity contribution in [2.45, 2.75) is 25.3 Å². The van der Waals surface area contributed by atoms with Crippen molar-refractivity contribution >= 4 is 15.9 Å². The van der Waals surface area contributed by atoms with E-state index in [1.807, 2.05) is 0 Å². The van der Waals surface area contributed by atoms with Crippen LogP contribution < -0.4 is 10.1 Å². The minimum absolute atomic E-state index is 0.0792. The summed E-state index contributed by atoms with van der Waals surface area (Å²) in [6.45, 7) is 1.50. The largest absolute Gasteiger partial charge is 0.474 e. The Morgan fingerprint density at radius 1 is 1.56 bits per heavy atom. The Morgan fingerprint density at radius 3 is 3.12 bits per heavy atom. The molecule has 1 unspecified atom stereocenters. The summed E-state index contributed by atoms with van der Waals surface area (Å²) in [4.78, 5) is 3.89. The molecule has 1 fully saturated rings. The second-order valence-electron chi connectivity index (χ2n) is 3.90. The number of nitrogens with zero attached hydrogens (tertiary/aromatic N) is 1. The van der Waals surface area contributed by atoms with E-state index in [0.717, 1.165) is 13.0 Å². The highest BCUT2D eigenvalue weighted by Crippen LogP contribution is 2.18. The van der Waals surface area contributed by atoms with Gasteiger partial charge in [0.25, 0.3) is 0 Å². The lowest BCUT2D eigenvalue weighted by molar-refractivity contribution is 0.223. The normalized spacial score (nSPS) is 20.8. The van der Waals surface area contributed by atoms with Gasteiger partial charge in [-0.05, 0) is 41.4 Å². The summed E-state index contributed by atoms with van der Waals surface area (Å²) in [6.07, 6.45) is 5.03. The minimum atomic E-state index is -0.426. The molecule has 3 nitrogen and oxygen atoms in total. The van der Waals surface area contributed by atoms with Crippen molar-refractivity contribution in [3.63, 3.8) is 0 Å². The third kappa shape index (κ3) is 3.15. The summed E-state index contributed by atoms with van der Waals surface area (Å²) in [7, 11) is 0. The number of nitrogens with one attached hydrogen (secondary N) is 1. The van der Waals surface area contributed by atoms with Crippen molar-refractivity contribution in [3.05, 3.63) is 22.6 Å². The maximum absolute atomic E-state index is 13.4. The zero-order chi connectivity index (χ0) is 11.4. The van der Waals surface area contributed by atoms with Gasteiger partial charge >= 0.3 is 0 Å². The Kier molecular flexibility index (Phi) is 4.12. The first kappa shape index (κ1) is 11.8. The fraction of sp³-hybridized carbons (Fsp3) is 0.545. The van der Waals surface area contributed by atoms with E-state index in [0.29, 0.717) is 17.1 Å². The number of rotatable bonds is 3. The first-order chi connectivity index (χ1) is 7.75. The lowest BCUT2D eigenvalue weighted by atomic mass is 10.1. The van der Waals surface area contributed by atoms with E-state index in [4.69, 9.17) is 4.74 Å². The molecule has 0 spiro atoms. The second-order valence-corrected chi connectivity index (χ2v) is 4.81. The molecule has 1 aliphatic heterocycles. The van der Waals surface area contributed by atoms with Crippen LogP contribution in [-0.2, 0) is 0 Å². The summed E-state index contributed by atoms with van der Waals surface area (Å²) in [5.74, 6) is -0.347. The number of halogens is 2. The highest BCUT2D eigenvalue weighted by Gasteiger charge is 2.14. The number of hydrogen-bond donors (Lipinski definition) is 1. The molecule has 0 radical (unpaired) electrons. The molecule has 5 heteroatoms. The molecule has 0 bridgehead atoms. The molecule has 88 valence electrons. The smallest absolute Gasteiger partial charge is 0.250 e. The first-order valence-electron chi connectivity index (χ1n) is 5.43. The summed E-state index contributed by atoms with van der Waals surface area (Å²) < 4.78 is 19.3. The third-order valence-corrected chi connectivity index (χ3v) is 3.04. The highest BCUT2D eigenvalue weighted by atomic mass is 79.9. The molecule has 0 saturated carbocycles. The van der Waals surface area contributed by atoms with Gasteiger partial charge in [0, 0.05) is 16.7 Å². The van der Waals surface area contributed by atoms with Crippen LogP contribution in [0.25, 0.3) is 0 Å². The summed E-state index contributed by atoms with van der Waals surface area (Å²) in [5, 5.41) is 3.34. The summed E-state index contributed by atoms with van der Waals surface area (Å²) >= 11 is 3.15. The predicted molar refractivity (Wildman–Crippen MR) is 63.0 cm³/mol. The molecule has 0 aliphatic carbocycles. The van der Waals surface area contributed by atoms with Crippen LogP contribution in [0.1, 0.15) is 19.3 Å². The maximum Gasteiger partial charge on any atom is 0.250 e. The molecule has 1 saturated heterocycles. The third-order valence-electron chi connectivity index (χ3n) is 2.61. The molecule has 0 amide bonds. The van der Waals surface area contributed by atoms with Crippen molar-refractivity contribution in [2.75, 3.05) is 13.2 Å². The average Bonchev–Trinajstić information content (AvgIpc) is 2.29. The van der Waals surface area contributed by atoms with Gasteiger partial charge in [-0.25, -0.2) is 9.37 Å². The minimum Gasteiger partial charge on any atom is -0.474 e. The van der Waals surface area contributed by atoms with Gasteiger partial charge in [0.1, 0.15) is 6.61 Å². The quantitative estimate of drug-likeness (QED) is 0.928. The van der Waals surface area contributed by atoms with Crippen molar-refractivity contribution in [3.8, 4) is 5.88 Å². The molecular weight excluding hydrogens is 275 g/mol. The van der Waals surface area contributed by atoms with E-state index < -0.39 is 5.82 Å². The zero-order valence-corrected chi connectivity index (χ0v) is 10.5. The fourth-order valence-electron chi connectivity index (χ4n) is 1.75. The van der Waals surface area contributed by atoms with Crippen LogP contribution >= 0.6 is 15.9 Å². The molecule has 2 heterocycles. The lowest BCUT2D eigenvalue weighted by Crippen LogP contribution is -2.38. The van der Waals surface area contributed by atoms with Crippen molar-refractivity contribution in [2.24, 2.45) is 0 Å². The Bertz CT molecular complexity index is 356. The van der Waals surface area contributed by atoms with Crippen molar-refractivity contribution < 1.29 is 9.13 Å². The number of pyridine rings is 1. The fourth-order valence-corrected chi connectivity index (χ4v) is 2.06. The first-order valence-corrected chi connectivity index (χ1v) is 6.22. The van der Waals surface area contributed by atoms with Crippen molar-refractivity contribution in [1.82, 2.24) is 10.3 Å². The van der Waals surface area contributed by atoms with Crippen molar-refractivity contribution in [1.29, 1.82) is 0 Å². The second kappa shape index (κ2) is 5.59. The maximum atomic E-state index is 13.4. The average molecular weight is 289 g/mol. The van der Waals surface area contributed by atoms with E-state index in [2.05, 4.69) is 26.2 Å². The van der Waals surface area contributed by atoms with Gasteiger partial charge in [0.2, 0.25) is 5.88 Å². The van der Waals surface area contributed by atoms with Crippen LogP contribution in [-0.4, -0.2) is 24.2 Å². The lowest BCUT2D eigenvalue weighted by Gasteiger charge is -2.23. The van der Waals surface area contributed by atoms with E-state index in [1.165, 1.54) is 25.1 Å². The monoisotopic (exact) mass is 288 g/mol. The van der Waals surface area contributed by atoms with Gasteiger partial charge in [-0.1, -0.05) is 6.42 Å². The number of ether oxygens (including phenoxy) is 1. The molecule has 1 atom stereocenters. The van der Waals surface area contributed by atoms with Gasteiger partial charge in [-0.2, -0.15) is 0 Å². The van der Waals surface area contributed by atoms with Crippen LogP contribution in [0.3, 0.4) is 0 Å². The summed E-state index contributed by atoms with van der Waals surface area (Å²) in [5.41, 5.74) is 0. The number of aromatic nitrogens is 1. The summed E-state index contributed by atoms with van der Waals surface area (Å²) in [6, 6.07) is 1.68. The SMILES string of the molecule is Fc1cc(Br)cnc1OCC1CCCCN1. The molecule has 1 aromatic heterocycles. The molecule has 16 heavy (non-hydrogen) atoms. The van der Waals surface area contributed by atoms with E-state index in [9.17, 15) is 4.39 Å². The molecule has 1 N–H and O–H groups in total. The molecule has 1 aromatic rings. The number of hydrogen-bond acceptors (Lipinski definition) is 3. The molecule has 2 rings (SSSR count). The van der Waals surface area contributed by atoms with E-state index in [1.54, 1.807) is 0 Å². The van der Waals surface area contributed by atoms with Crippen LogP contribution in [0.5, 0.6) is 5.88 Å². The Morgan fingerprint density at radius 2 is 2.44 bits per heavy atom. The van der Waals surface area contributed by atoms with Gasteiger partial charge in [-0.15, -0.1) is 0 Å².